The molecule has 2 heterocycles. The van der Waals surface area contributed by atoms with Crippen LogP contribution in [0.5, 0.6) is 5.75 Å². The predicted octanol–water partition coefficient (Wildman–Crippen LogP) is 5.54. The molecule has 0 amide bonds. The molecule has 2 atom stereocenters. The highest BCUT2D eigenvalue weighted by molar-refractivity contribution is 6.31. The van der Waals surface area contributed by atoms with Crippen molar-refractivity contribution in [2.24, 2.45) is 5.92 Å². The van der Waals surface area contributed by atoms with Crippen LogP contribution in [0.1, 0.15) is 49.6 Å². The molecule has 0 spiro atoms. The summed E-state index contributed by atoms with van der Waals surface area (Å²) in [5, 5.41) is 26.0. The summed E-state index contributed by atoms with van der Waals surface area (Å²) in [6.07, 6.45) is 7.15. The number of hydrogen-bond acceptors (Lipinski definition) is 8. The molecule has 0 saturated heterocycles. The van der Waals surface area contributed by atoms with Crippen LogP contribution in [-0.2, 0) is 6.42 Å². The van der Waals surface area contributed by atoms with Gasteiger partial charge in [-0.1, -0.05) is 53.8 Å². The van der Waals surface area contributed by atoms with Crippen molar-refractivity contribution >= 4 is 29.0 Å². The maximum absolute atomic E-state index is 15.5. The number of aromatic nitrogens is 5. The third-order valence-corrected chi connectivity index (χ3v) is 6.84. The van der Waals surface area contributed by atoms with Crippen molar-refractivity contribution < 1.29 is 13.5 Å². The molecular formula is C24H22Cl2FN7O2. The van der Waals surface area contributed by atoms with Gasteiger partial charge >= 0.3 is 0 Å². The second-order valence-electron chi connectivity index (χ2n) is 8.79. The number of nitrogens with two attached hydrogens (primary N) is 1. The van der Waals surface area contributed by atoms with Crippen molar-refractivity contribution in [1.29, 1.82) is 5.26 Å². The third kappa shape index (κ3) is 4.94. The van der Waals surface area contributed by atoms with E-state index in [0.29, 0.717) is 11.5 Å². The van der Waals surface area contributed by atoms with Gasteiger partial charge in [-0.3, -0.25) is 0 Å². The lowest BCUT2D eigenvalue weighted by Crippen LogP contribution is -2.25. The average Bonchev–Trinajstić information content (AvgIpc) is 3.50. The van der Waals surface area contributed by atoms with Crippen LogP contribution >= 0.6 is 23.2 Å². The van der Waals surface area contributed by atoms with Crippen LogP contribution in [0.15, 0.2) is 45.6 Å². The van der Waals surface area contributed by atoms with E-state index in [9.17, 15) is 0 Å². The first-order valence-electron chi connectivity index (χ1n) is 11.6. The fraction of sp³-hybridized carbons (Fsp3) is 0.375. The van der Waals surface area contributed by atoms with Crippen molar-refractivity contribution in [3.63, 3.8) is 0 Å². The maximum Gasteiger partial charge on any atom is 0.272 e. The first kappa shape index (κ1) is 24.3. The van der Waals surface area contributed by atoms with Gasteiger partial charge in [-0.05, 0) is 37.1 Å². The zero-order valence-corrected chi connectivity index (χ0v) is 20.6. The van der Waals surface area contributed by atoms with E-state index in [-0.39, 0.29) is 51.4 Å². The predicted molar refractivity (Wildman–Crippen MR) is 131 cm³/mol. The van der Waals surface area contributed by atoms with Crippen molar-refractivity contribution in [3.05, 3.63) is 57.6 Å². The van der Waals surface area contributed by atoms with E-state index in [2.05, 4.69) is 20.5 Å². The van der Waals surface area contributed by atoms with Gasteiger partial charge in [0.1, 0.15) is 5.75 Å². The quantitative estimate of drug-likeness (QED) is 0.440. The number of hydrogen-bond donors (Lipinski definition) is 1. The van der Waals surface area contributed by atoms with E-state index in [1.54, 1.807) is 16.8 Å². The van der Waals surface area contributed by atoms with Gasteiger partial charge in [0.2, 0.25) is 5.89 Å². The summed E-state index contributed by atoms with van der Waals surface area (Å²) in [5.74, 6) is 0.159. The lowest BCUT2D eigenvalue weighted by Gasteiger charge is -2.24. The monoisotopic (exact) mass is 529 g/mol. The summed E-state index contributed by atoms with van der Waals surface area (Å²) >= 11 is 12.3. The van der Waals surface area contributed by atoms with Crippen LogP contribution < -0.4 is 10.5 Å². The van der Waals surface area contributed by atoms with Crippen molar-refractivity contribution in [2.75, 3.05) is 5.73 Å². The summed E-state index contributed by atoms with van der Waals surface area (Å²) in [7, 11) is 0. The summed E-state index contributed by atoms with van der Waals surface area (Å²) in [6, 6.07) is 6.61. The molecule has 2 unspecified atom stereocenters. The number of benzene rings is 1. The molecule has 1 fully saturated rings. The highest BCUT2D eigenvalue weighted by Gasteiger charge is 2.32. The Balaban J connectivity index is 1.30. The van der Waals surface area contributed by atoms with Gasteiger partial charge in [0.15, 0.2) is 23.4 Å². The Kier molecular flexibility index (Phi) is 6.94. The normalized spacial score (nSPS) is 20.5. The molecule has 12 heteroatoms. The molecule has 2 aromatic heterocycles. The molecule has 5 rings (SSSR count). The average molecular weight is 530 g/mol. The van der Waals surface area contributed by atoms with Crippen LogP contribution in [-0.4, -0.2) is 31.4 Å². The van der Waals surface area contributed by atoms with Gasteiger partial charge in [-0.15, -0.1) is 15.3 Å². The standard InChI is InChI=1S/C24H22Cl2FN7O2/c25-15-8-13(12-28)9-17(11-15)35-22-18(26)7-6-14(20(22)27)10-19-30-32-24(36-19)21-23(29)34(33-31-21)16-4-2-1-3-5-16/h6-9,11,14,16,20H,1-5,10,29H2. The van der Waals surface area contributed by atoms with Crippen molar-refractivity contribution in [1.82, 2.24) is 25.2 Å². The number of anilines is 1. The second-order valence-corrected chi connectivity index (χ2v) is 9.63. The summed E-state index contributed by atoms with van der Waals surface area (Å²) < 4.78 is 28.7. The Morgan fingerprint density at radius 1 is 1.17 bits per heavy atom. The van der Waals surface area contributed by atoms with Crippen molar-refractivity contribution in [2.45, 2.75) is 50.7 Å². The van der Waals surface area contributed by atoms with E-state index >= 15 is 4.39 Å². The second kappa shape index (κ2) is 10.3. The highest BCUT2D eigenvalue weighted by atomic mass is 35.5. The van der Waals surface area contributed by atoms with Gasteiger partial charge in [-0.2, -0.15) is 5.26 Å². The molecule has 0 radical (unpaired) electrons. The molecule has 1 aromatic carbocycles. The van der Waals surface area contributed by atoms with E-state index < -0.39 is 12.1 Å². The number of rotatable bonds is 6. The number of nitrogens with zero attached hydrogens (tertiary/aromatic N) is 6. The topological polar surface area (TPSA) is 129 Å². The SMILES string of the molecule is N#Cc1cc(Cl)cc(OC2=C(Cl)C=CC(Cc3nnc(-c4nnn(C5CCCCC5)c4N)o3)C2F)c1. The number of alkyl halides is 1. The number of halogens is 3. The van der Waals surface area contributed by atoms with Gasteiger partial charge in [0, 0.05) is 17.4 Å². The minimum absolute atomic E-state index is 0.0882. The first-order valence-corrected chi connectivity index (χ1v) is 12.3. The molecule has 0 bridgehead atoms. The lowest BCUT2D eigenvalue weighted by molar-refractivity contribution is 0.215. The molecule has 0 aliphatic heterocycles. The summed E-state index contributed by atoms with van der Waals surface area (Å²) in [5.41, 5.74) is 6.89. The van der Waals surface area contributed by atoms with E-state index in [0.717, 1.165) is 25.7 Å². The zero-order chi connectivity index (χ0) is 25.2. The fourth-order valence-electron chi connectivity index (χ4n) is 4.49. The van der Waals surface area contributed by atoms with Crippen molar-refractivity contribution in [3.8, 4) is 23.4 Å². The highest BCUT2D eigenvalue weighted by Crippen LogP contribution is 2.35. The van der Waals surface area contributed by atoms with Gasteiger partial charge < -0.3 is 14.9 Å². The smallest absolute Gasteiger partial charge is 0.272 e. The molecule has 2 aliphatic rings. The van der Waals surface area contributed by atoms with Crippen LogP contribution in [0.3, 0.4) is 0 Å². The molecule has 1 saturated carbocycles. The number of nitriles is 1. The molecule has 2 aliphatic carbocycles. The Morgan fingerprint density at radius 2 is 1.97 bits per heavy atom. The molecule has 3 aromatic rings. The summed E-state index contributed by atoms with van der Waals surface area (Å²) in [4.78, 5) is 0. The maximum atomic E-state index is 15.5. The van der Waals surface area contributed by atoms with Gasteiger partial charge in [-0.25, -0.2) is 9.07 Å². The first-order chi connectivity index (χ1) is 17.4. The number of nitrogen functional groups attached to an aromatic ring is 1. The Morgan fingerprint density at radius 3 is 2.75 bits per heavy atom. The molecule has 2 N–H and O–H groups in total. The molecule has 36 heavy (non-hydrogen) atoms. The van der Waals surface area contributed by atoms with E-state index in [1.807, 2.05) is 6.07 Å². The van der Waals surface area contributed by atoms with Crippen LogP contribution in [0, 0.1) is 17.2 Å². The minimum Gasteiger partial charge on any atom is -0.457 e. The largest absolute Gasteiger partial charge is 0.457 e. The lowest BCUT2D eigenvalue weighted by atomic mass is 9.94. The molecular weight excluding hydrogens is 508 g/mol. The Hall–Kier alpha value is -3.42. The zero-order valence-electron chi connectivity index (χ0n) is 19.1. The van der Waals surface area contributed by atoms with E-state index in [4.69, 9.17) is 43.4 Å². The molecule has 186 valence electrons. The van der Waals surface area contributed by atoms with E-state index in [1.165, 1.54) is 24.6 Å². The van der Waals surface area contributed by atoms with Gasteiger partial charge in [0.25, 0.3) is 5.89 Å². The van der Waals surface area contributed by atoms with Crippen LogP contribution in [0.4, 0.5) is 10.2 Å². The molecule has 9 nitrogen and oxygen atoms in total. The fourth-order valence-corrected chi connectivity index (χ4v) is 4.93. The minimum atomic E-state index is -1.60. The summed E-state index contributed by atoms with van der Waals surface area (Å²) in [6.45, 7) is 0. The Labute approximate surface area is 216 Å². The number of allylic oxidation sites excluding steroid dienone is 4. The third-order valence-electron chi connectivity index (χ3n) is 6.31. The Bertz CT molecular complexity index is 1370. The van der Waals surface area contributed by atoms with Gasteiger partial charge in [0.05, 0.1) is 22.7 Å². The van der Waals surface area contributed by atoms with Crippen LogP contribution in [0.2, 0.25) is 5.02 Å². The van der Waals surface area contributed by atoms with Crippen LogP contribution in [0.25, 0.3) is 11.6 Å². The number of ether oxygens (including phenoxy) is 1.